The van der Waals surface area contributed by atoms with Crippen molar-refractivity contribution in [2.75, 3.05) is 61.4 Å². The van der Waals surface area contributed by atoms with Gasteiger partial charge >= 0.3 is 0 Å². The van der Waals surface area contributed by atoms with Crippen LogP contribution >= 0.6 is 0 Å². The minimum absolute atomic E-state index is 0.0136. The minimum Gasteiger partial charge on any atom is -0.391 e. The molecule has 78 heavy (non-hydrogen) atoms. The number of nitrogens with one attached hydrogen (secondary N) is 8. The molecular formula is C48H93N18O12+. The Morgan fingerprint density at radius 2 is 0.962 bits per heavy atom. The lowest BCUT2D eigenvalue weighted by Crippen LogP contribution is -2.62. The molecule has 0 aromatic heterocycles. The van der Waals surface area contributed by atoms with Crippen LogP contribution in [-0.4, -0.2) is 219 Å². The molecule has 0 rings (SSSR count). The standard InChI is InChI=1S/C48H92N18O12/c1-27(50)39(71)59-34(18-14-23-55-47(52)53)43(75)64-38(30(4)69)46(78)62-32(17-11-13-25-66(7,8)9)42(74)61-35(20-21-36(51)70)44(76)63-37(29(3)68)45(77)57-28(2)40(72)60-33(19-15-24-56-48(54)65(5)6)41(73)58-31(26-67)16-10-12-22-49/h26-35,37-38,68-69H,10-25,49-50H2,1-9H3,(H15-,51,52,53,54,55,56,57,58,59,60,61,62,63,64,70,71,72,73,74,75,76,77,78)/p+1/t27-,28-,29+,30+,31-,32-,33-,34-,35-,37-,38-/m0/s1. The molecule has 0 spiro atoms. The molecule has 11 atom stereocenters. The number of amides is 9. The van der Waals surface area contributed by atoms with E-state index in [2.05, 4.69) is 52.5 Å². The number of unbranched alkanes of at least 4 members (excludes halogenated alkanes) is 2. The lowest BCUT2D eigenvalue weighted by molar-refractivity contribution is -0.870. The summed E-state index contributed by atoms with van der Waals surface area (Å²) in [6.07, 6.45) is -0.689. The number of nitrogens with zero attached hydrogens (tertiary/aromatic N) is 4. The van der Waals surface area contributed by atoms with Gasteiger partial charge in [-0.3, -0.25) is 53.1 Å². The van der Waals surface area contributed by atoms with E-state index in [1.54, 1.807) is 19.0 Å². The molecule has 0 fully saturated rings. The van der Waals surface area contributed by atoms with Gasteiger partial charge in [-0.1, -0.05) is 0 Å². The van der Waals surface area contributed by atoms with Crippen molar-refractivity contribution < 1.29 is 62.6 Å². The molecule has 0 aromatic rings. The van der Waals surface area contributed by atoms with E-state index in [0.717, 1.165) is 6.92 Å². The van der Waals surface area contributed by atoms with Gasteiger partial charge in [0.1, 0.15) is 48.6 Å². The highest BCUT2D eigenvalue weighted by molar-refractivity contribution is 5.98. The molecular weight excluding hydrogens is 1020 g/mol. The van der Waals surface area contributed by atoms with Crippen LogP contribution in [-0.2, 0) is 47.9 Å². The Balaban J connectivity index is 6.66. The highest BCUT2D eigenvalue weighted by atomic mass is 16.3. The second-order valence-corrected chi connectivity index (χ2v) is 20.5. The van der Waals surface area contributed by atoms with Crippen molar-refractivity contribution in [2.24, 2.45) is 44.4 Å². The van der Waals surface area contributed by atoms with Crippen molar-refractivity contribution >= 4 is 71.4 Å². The summed E-state index contributed by atoms with van der Waals surface area (Å²) in [4.78, 5) is 143. The first-order valence-electron chi connectivity index (χ1n) is 26.2. The van der Waals surface area contributed by atoms with Gasteiger partial charge in [-0.05, 0) is 105 Å². The zero-order valence-electron chi connectivity index (χ0n) is 47.0. The third-order valence-electron chi connectivity index (χ3n) is 11.9. The van der Waals surface area contributed by atoms with Gasteiger partial charge in [0.2, 0.25) is 53.2 Å². The number of carbonyl (C=O) groups excluding carboxylic acids is 10. The number of hydrogen-bond acceptors (Lipinski definition) is 16. The Morgan fingerprint density at radius 3 is 1.41 bits per heavy atom. The van der Waals surface area contributed by atoms with Crippen molar-refractivity contribution in [1.82, 2.24) is 47.4 Å². The first kappa shape index (κ1) is 71.2. The largest absolute Gasteiger partial charge is 0.391 e. The minimum atomic E-state index is -1.78. The van der Waals surface area contributed by atoms with Crippen LogP contribution in [0.1, 0.15) is 105 Å². The van der Waals surface area contributed by atoms with E-state index in [0.29, 0.717) is 56.0 Å². The molecule has 0 saturated heterocycles. The summed E-state index contributed by atoms with van der Waals surface area (Å²) in [7, 11) is 9.23. The molecule has 0 aliphatic carbocycles. The fraction of sp³-hybridized carbons (Fsp3) is 0.750. The molecule has 0 aromatic carbocycles. The van der Waals surface area contributed by atoms with Crippen LogP contribution in [0.4, 0.5) is 0 Å². The molecule has 30 nitrogen and oxygen atoms in total. The Morgan fingerprint density at radius 1 is 0.538 bits per heavy atom. The summed E-state index contributed by atoms with van der Waals surface area (Å²) in [6, 6.07) is -12.3. The fourth-order valence-corrected chi connectivity index (χ4v) is 7.22. The molecule has 30 heteroatoms. The lowest BCUT2D eigenvalue weighted by Gasteiger charge is -2.29. The van der Waals surface area contributed by atoms with Crippen molar-refractivity contribution in [3.8, 4) is 0 Å². The highest BCUT2D eigenvalue weighted by Crippen LogP contribution is 2.10. The average Bonchev–Trinajstić information content (AvgIpc) is 3.34. The van der Waals surface area contributed by atoms with Crippen LogP contribution in [0.5, 0.6) is 0 Å². The van der Waals surface area contributed by atoms with E-state index in [9.17, 15) is 58.2 Å². The maximum Gasteiger partial charge on any atom is 0.245 e. The number of hydrogen-bond donors (Lipinski definition) is 16. The molecule has 0 aliphatic rings. The number of nitrogens with two attached hydrogens (primary N) is 6. The van der Waals surface area contributed by atoms with Gasteiger partial charge in [-0.25, -0.2) is 0 Å². The lowest BCUT2D eigenvalue weighted by atomic mass is 10.0. The van der Waals surface area contributed by atoms with E-state index in [4.69, 9.17) is 34.4 Å². The Labute approximate surface area is 457 Å². The number of rotatable bonds is 39. The van der Waals surface area contributed by atoms with Gasteiger partial charge in [-0.2, -0.15) is 0 Å². The third kappa shape index (κ3) is 30.3. The fourth-order valence-electron chi connectivity index (χ4n) is 7.22. The van der Waals surface area contributed by atoms with Crippen LogP contribution in [0.25, 0.3) is 0 Å². The van der Waals surface area contributed by atoms with Gasteiger partial charge in [0.25, 0.3) is 0 Å². The zero-order chi connectivity index (χ0) is 59.9. The third-order valence-corrected chi connectivity index (χ3v) is 11.9. The molecule has 0 radical (unpaired) electrons. The summed E-state index contributed by atoms with van der Waals surface area (Å²) in [5.74, 6) is -8.10. The summed E-state index contributed by atoms with van der Waals surface area (Å²) < 4.78 is 0.559. The number of aldehydes is 1. The second-order valence-electron chi connectivity index (χ2n) is 20.5. The number of carbonyl (C=O) groups is 10. The van der Waals surface area contributed by atoms with Gasteiger partial charge in [0, 0.05) is 33.6 Å². The molecule has 0 heterocycles. The highest BCUT2D eigenvalue weighted by Gasteiger charge is 2.36. The normalized spacial score (nSPS) is 15.8. The number of primary amides is 1. The monoisotopic (exact) mass is 1110 g/mol. The molecule has 0 saturated carbocycles. The number of quaternary nitrogens is 1. The maximum atomic E-state index is 14.2. The topological polar surface area (TPSA) is 491 Å². The van der Waals surface area contributed by atoms with Crippen molar-refractivity contribution in [3.63, 3.8) is 0 Å². The van der Waals surface area contributed by atoms with Crippen molar-refractivity contribution in [2.45, 2.75) is 171 Å². The Kier molecular flexibility index (Phi) is 33.9. The van der Waals surface area contributed by atoms with E-state index in [1.165, 1.54) is 20.8 Å². The zero-order valence-corrected chi connectivity index (χ0v) is 47.0. The van der Waals surface area contributed by atoms with Crippen molar-refractivity contribution in [3.05, 3.63) is 0 Å². The van der Waals surface area contributed by atoms with Crippen LogP contribution in [0.2, 0.25) is 0 Å². The predicted molar refractivity (Wildman–Crippen MR) is 292 cm³/mol. The van der Waals surface area contributed by atoms with E-state index < -0.39 is 133 Å². The maximum absolute atomic E-state index is 14.2. The number of aliphatic hydroxyl groups excluding tert-OH is 2. The molecule has 0 aliphatic heterocycles. The van der Waals surface area contributed by atoms with E-state index in [-0.39, 0.29) is 57.1 Å². The molecule has 0 unspecified atom stereocenters. The van der Waals surface area contributed by atoms with Crippen LogP contribution in [0.3, 0.4) is 0 Å². The van der Waals surface area contributed by atoms with Crippen molar-refractivity contribution in [1.29, 1.82) is 0 Å². The number of guanidine groups is 2. The molecule has 9 amide bonds. The number of aliphatic imine (C=N–C) groups is 2. The van der Waals surface area contributed by atoms with Gasteiger partial charge in [0.05, 0.1) is 52.0 Å². The summed E-state index contributed by atoms with van der Waals surface area (Å²) in [5.41, 5.74) is 33.4. The smallest absolute Gasteiger partial charge is 0.245 e. The predicted octanol–water partition coefficient (Wildman–Crippen LogP) is -6.83. The van der Waals surface area contributed by atoms with Crippen LogP contribution in [0.15, 0.2) is 9.98 Å². The van der Waals surface area contributed by atoms with Gasteiger partial charge in [0.15, 0.2) is 11.9 Å². The SMILES string of the molecule is C[C@H](N)C(=O)N[C@@H](CCCN=C(N)N)C(=O)N[C@H](C(=O)N[C@@H](CCCC[N+](C)(C)C)C(=O)N[C@@H](CCC(N)=O)C(=O)N[C@H](C(=O)N[C@@H](C)C(=O)N[C@@H](CCCN=C(N)N(C)C)C(=O)N[C@H](C=O)CCCCN)[C@@H](C)O)[C@@H](C)O. The number of aliphatic hydroxyl groups is 2. The molecule has 0 bridgehead atoms. The quantitative estimate of drug-likeness (QED) is 0.00894. The van der Waals surface area contributed by atoms with E-state index >= 15 is 0 Å². The summed E-state index contributed by atoms with van der Waals surface area (Å²) in [5, 5.41) is 41.4. The summed E-state index contributed by atoms with van der Waals surface area (Å²) in [6.45, 7) is 6.34. The van der Waals surface area contributed by atoms with Crippen LogP contribution in [0, 0.1) is 0 Å². The van der Waals surface area contributed by atoms with Crippen LogP contribution < -0.4 is 76.9 Å². The summed E-state index contributed by atoms with van der Waals surface area (Å²) >= 11 is 0. The first-order chi connectivity index (χ1) is 36.3. The first-order valence-corrected chi connectivity index (χ1v) is 26.2. The molecule has 22 N–H and O–H groups in total. The average molecular weight is 1110 g/mol. The van der Waals surface area contributed by atoms with E-state index in [1.807, 2.05) is 21.1 Å². The van der Waals surface area contributed by atoms with Gasteiger partial charge < -0.3 is 101 Å². The Bertz CT molecular complexity index is 2010. The second kappa shape index (κ2) is 37.1. The van der Waals surface area contributed by atoms with Gasteiger partial charge in [-0.15, -0.1) is 0 Å². The Hall–Kier alpha value is -6.76. The molecule has 446 valence electrons.